The molecule has 1 fully saturated rings. The van der Waals surface area contributed by atoms with Gasteiger partial charge in [0.25, 0.3) is 0 Å². The fraction of sp³-hybridized carbons (Fsp3) is 0.500. The summed E-state index contributed by atoms with van der Waals surface area (Å²) in [5.74, 6) is -1.06. The van der Waals surface area contributed by atoms with Crippen LogP contribution in [0.25, 0.3) is 0 Å². The van der Waals surface area contributed by atoms with Gasteiger partial charge in [-0.25, -0.2) is 0 Å². The standard InChI is InChI=1S/C14H16F3NO2/c1-20-13(19)11-5-6-18-8-12(11)9-3-2-4-10(7-9)14(15,16)17/h2-4,7,11-12,18H,5-6,8H2,1H3/t11-,12-/m0/s1. The molecule has 0 bridgehead atoms. The molecule has 0 unspecified atom stereocenters. The zero-order chi connectivity index (χ0) is 14.8. The number of halogens is 3. The van der Waals surface area contributed by atoms with Crippen molar-refractivity contribution in [2.24, 2.45) is 5.92 Å². The van der Waals surface area contributed by atoms with Crippen LogP contribution in [-0.2, 0) is 15.7 Å². The van der Waals surface area contributed by atoms with E-state index in [9.17, 15) is 18.0 Å². The third-order valence-corrected chi connectivity index (χ3v) is 3.63. The van der Waals surface area contributed by atoms with E-state index in [-0.39, 0.29) is 11.9 Å². The van der Waals surface area contributed by atoms with E-state index in [1.807, 2.05) is 0 Å². The van der Waals surface area contributed by atoms with E-state index in [4.69, 9.17) is 4.74 Å². The van der Waals surface area contributed by atoms with E-state index in [1.165, 1.54) is 13.2 Å². The number of carbonyl (C=O) groups is 1. The van der Waals surface area contributed by atoms with Crippen LogP contribution >= 0.6 is 0 Å². The summed E-state index contributed by atoms with van der Waals surface area (Å²) in [6.07, 6.45) is -3.81. The van der Waals surface area contributed by atoms with Gasteiger partial charge in [-0.2, -0.15) is 13.2 Å². The molecule has 1 aliphatic heterocycles. The summed E-state index contributed by atoms with van der Waals surface area (Å²) in [6, 6.07) is 5.16. The predicted octanol–water partition coefficient (Wildman–Crippen LogP) is 2.57. The van der Waals surface area contributed by atoms with Crippen LogP contribution < -0.4 is 5.32 Å². The molecule has 1 aromatic rings. The molecule has 1 heterocycles. The third kappa shape index (κ3) is 3.12. The van der Waals surface area contributed by atoms with Crippen molar-refractivity contribution in [2.75, 3.05) is 20.2 Å². The van der Waals surface area contributed by atoms with Crippen LogP contribution in [0.2, 0.25) is 0 Å². The summed E-state index contributed by atoms with van der Waals surface area (Å²) >= 11 is 0. The van der Waals surface area contributed by atoms with Crippen LogP contribution in [0.5, 0.6) is 0 Å². The first kappa shape index (κ1) is 14.8. The highest BCUT2D eigenvalue weighted by Gasteiger charge is 2.35. The quantitative estimate of drug-likeness (QED) is 0.850. The van der Waals surface area contributed by atoms with Crippen LogP contribution in [0, 0.1) is 5.92 Å². The van der Waals surface area contributed by atoms with Crippen LogP contribution in [0.3, 0.4) is 0 Å². The molecular weight excluding hydrogens is 271 g/mol. The van der Waals surface area contributed by atoms with E-state index in [1.54, 1.807) is 6.07 Å². The van der Waals surface area contributed by atoms with Gasteiger partial charge in [-0.1, -0.05) is 18.2 Å². The predicted molar refractivity (Wildman–Crippen MR) is 67.2 cm³/mol. The Bertz CT molecular complexity index is 488. The molecule has 6 heteroatoms. The third-order valence-electron chi connectivity index (χ3n) is 3.63. The lowest BCUT2D eigenvalue weighted by Gasteiger charge is -2.30. The monoisotopic (exact) mass is 287 g/mol. The first-order valence-corrected chi connectivity index (χ1v) is 6.39. The van der Waals surface area contributed by atoms with Crippen molar-refractivity contribution < 1.29 is 22.7 Å². The molecule has 0 saturated carbocycles. The number of benzene rings is 1. The van der Waals surface area contributed by atoms with Gasteiger partial charge in [-0.3, -0.25) is 4.79 Å². The highest BCUT2D eigenvalue weighted by molar-refractivity contribution is 5.73. The van der Waals surface area contributed by atoms with Gasteiger partial charge in [0.2, 0.25) is 0 Å². The lowest BCUT2D eigenvalue weighted by molar-refractivity contribution is -0.147. The van der Waals surface area contributed by atoms with Crippen molar-refractivity contribution in [3.8, 4) is 0 Å². The van der Waals surface area contributed by atoms with Gasteiger partial charge < -0.3 is 10.1 Å². The van der Waals surface area contributed by atoms with Gasteiger partial charge >= 0.3 is 12.1 Å². The van der Waals surface area contributed by atoms with Crippen molar-refractivity contribution in [1.29, 1.82) is 0 Å². The number of hydrogen-bond acceptors (Lipinski definition) is 3. The van der Waals surface area contributed by atoms with Crippen molar-refractivity contribution >= 4 is 5.97 Å². The molecule has 0 aromatic heterocycles. The number of ether oxygens (including phenoxy) is 1. The van der Waals surface area contributed by atoms with E-state index in [0.29, 0.717) is 25.1 Å². The highest BCUT2D eigenvalue weighted by atomic mass is 19.4. The minimum absolute atomic E-state index is 0.293. The van der Waals surface area contributed by atoms with Crippen LogP contribution in [-0.4, -0.2) is 26.2 Å². The maximum absolute atomic E-state index is 12.7. The maximum atomic E-state index is 12.7. The molecule has 1 aliphatic rings. The lowest BCUT2D eigenvalue weighted by Crippen LogP contribution is -2.39. The number of carbonyl (C=O) groups excluding carboxylic acids is 1. The second kappa shape index (κ2) is 5.83. The maximum Gasteiger partial charge on any atom is 0.416 e. The summed E-state index contributed by atoms with van der Waals surface area (Å²) in [4.78, 5) is 11.8. The summed E-state index contributed by atoms with van der Waals surface area (Å²) in [5, 5.41) is 3.11. The Hall–Kier alpha value is -1.56. The SMILES string of the molecule is COC(=O)[C@H]1CCNC[C@H]1c1cccc(C(F)(F)F)c1. The second-order valence-corrected chi connectivity index (χ2v) is 4.85. The average Bonchev–Trinajstić information content (AvgIpc) is 2.45. The van der Waals surface area contributed by atoms with Crippen molar-refractivity contribution in [3.63, 3.8) is 0 Å². The smallest absolute Gasteiger partial charge is 0.416 e. The molecule has 1 saturated heterocycles. The molecule has 3 nitrogen and oxygen atoms in total. The van der Waals surface area contributed by atoms with Gasteiger partial charge in [0, 0.05) is 12.5 Å². The summed E-state index contributed by atoms with van der Waals surface area (Å²) in [5.41, 5.74) is -0.174. The molecule has 1 aromatic carbocycles. The molecule has 2 atom stereocenters. The summed E-state index contributed by atoms with van der Waals surface area (Å²) in [7, 11) is 1.30. The summed E-state index contributed by atoms with van der Waals surface area (Å²) in [6.45, 7) is 1.14. The Kier molecular flexibility index (Phi) is 4.32. The molecule has 0 spiro atoms. The molecule has 110 valence electrons. The van der Waals surface area contributed by atoms with Crippen LogP contribution in [0.15, 0.2) is 24.3 Å². The highest BCUT2D eigenvalue weighted by Crippen LogP contribution is 2.35. The normalized spacial score (nSPS) is 23.4. The fourth-order valence-electron chi connectivity index (χ4n) is 2.59. The number of piperidine rings is 1. The van der Waals surface area contributed by atoms with E-state index in [2.05, 4.69) is 5.32 Å². The van der Waals surface area contributed by atoms with Gasteiger partial charge in [-0.15, -0.1) is 0 Å². The zero-order valence-corrected chi connectivity index (χ0v) is 11.0. The van der Waals surface area contributed by atoms with E-state index >= 15 is 0 Å². The largest absolute Gasteiger partial charge is 0.469 e. The lowest BCUT2D eigenvalue weighted by atomic mass is 9.81. The molecule has 0 radical (unpaired) electrons. The molecule has 20 heavy (non-hydrogen) atoms. The molecule has 1 N–H and O–H groups in total. The Morgan fingerprint density at radius 2 is 2.15 bits per heavy atom. The minimum atomic E-state index is -4.38. The first-order valence-electron chi connectivity index (χ1n) is 6.39. The molecule has 0 aliphatic carbocycles. The average molecular weight is 287 g/mol. The number of hydrogen-bond donors (Lipinski definition) is 1. The number of alkyl halides is 3. The van der Waals surface area contributed by atoms with Crippen molar-refractivity contribution in [1.82, 2.24) is 5.32 Å². The first-order chi connectivity index (χ1) is 9.43. The van der Waals surface area contributed by atoms with Gasteiger partial charge in [0.15, 0.2) is 0 Å². The van der Waals surface area contributed by atoms with Crippen LogP contribution in [0.4, 0.5) is 13.2 Å². The van der Waals surface area contributed by atoms with Gasteiger partial charge in [-0.05, 0) is 24.6 Å². The zero-order valence-electron chi connectivity index (χ0n) is 11.0. The van der Waals surface area contributed by atoms with Gasteiger partial charge in [0.05, 0.1) is 18.6 Å². The van der Waals surface area contributed by atoms with Crippen molar-refractivity contribution in [2.45, 2.75) is 18.5 Å². The molecular formula is C14H16F3NO2. The summed E-state index contributed by atoms with van der Waals surface area (Å²) < 4.78 is 43.0. The van der Waals surface area contributed by atoms with E-state index in [0.717, 1.165) is 12.1 Å². The number of rotatable bonds is 2. The molecule has 2 rings (SSSR count). The van der Waals surface area contributed by atoms with Crippen molar-refractivity contribution in [3.05, 3.63) is 35.4 Å². The fourth-order valence-corrected chi connectivity index (χ4v) is 2.59. The Balaban J connectivity index is 2.30. The van der Waals surface area contributed by atoms with Crippen LogP contribution in [0.1, 0.15) is 23.5 Å². The number of methoxy groups -OCH3 is 1. The number of nitrogens with one attached hydrogen (secondary N) is 1. The van der Waals surface area contributed by atoms with E-state index < -0.39 is 17.7 Å². The Morgan fingerprint density at radius 1 is 1.40 bits per heavy atom. The minimum Gasteiger partial charge on any atom is -0.469 e. The molecule has 0 amide bonds. The number of esters is 1. The Labute approximate surface area is 115 Å². The topological polar surface area (TPSA) is 38.3 Å². The van der Waals surface area contributed by atoms with Gasteiger partial charge in [0.1, 0.15) is 0 Å². The second-order valence-electron chi connectivity index (χ2n) is 4.85. The Morgan fingerprint density at radius 3 is 2.80 bits per heavy atom.